The molecule has 1 aromatic carbocycles. The van der Waals surface area contributed by atoms with Crippen molar-refractivity contribution in [1.82, 2.24) is 4.90 Å². The Labute approximate surface area is 124 Å². The molecule has 116 valence electrons. The van der Waals surface area contributed by atoms with Crippen LogP contribution in [0.25, 0.3) is 0 Å². The third-order valence-corrected chi connectivity index (χ3v) is 2.81. The second kappa shape index (κ2) is 8.84. The molecule has 0 fully saturated rings. The van der Waals surface area contributed by atoms with Crippen LogP contribution in [0.1, 0.15) is 26.2 Å². The van der Waals surface area contributed by atoms with Crippen LogP contribution < -0.4 is 10.1 Å². The van der Waals surface area contributed by atoms with E-state index in [-0.39, 0.29) is 12.5 Å². The van der Waals surface area contributed by atoms with Crippen molar-refractivity contribution in [3.63, 3.8) is 0 Å². The first kappa shape index (κ1) is 16.8. The summed E-state index contributed by atoms with van der Waals surface area (Å²) in [4.78, 5) is 23.8. The molecule has 1 aromatic rings. The summed E-state index contributed by atoms with van der Waals surface area (Å²) in [5.74, 6) is -0.0869. The van der Waals surface area contributed by atoms with Crippen molar-refractivity contribution >= 4 is 17.7 Å². The minimum atomic E-state index is -0.855. The first-order valence-electron chi connectivity index (χ1n) is 6.99. The molecule has 6 heteroatoms. The van der Waals surface area contributed by atoms with Crippen LogP contribution in [0.3, 0.4) is 0 Å². The monoisotopic (exact) mass is 294 g/mol. The predicted molar refractivity (Wildman–Crippen MR) is 80.7 cm³/mol. The smallest absolute Gasteiger partial charge is 0.321 e. The lowest BCUT2D eigenvalue weighted by atomic mass is 10.3. The van der Waals surface area contributed by atoms with Crippen molar-refractivity contribution in [2.75, 3.05) is 25.5 Å². The van der Waals surface area contributed by atoms with Gasteiger partial charge in [0.05, 0.1) is 6.61 Å². The minimum Gasteiger partial charge on any atom is -0.494 e. The fourth-order valence-electron chi connectivity index (χ4n) is 1.64. The van der Waals surface area contributed by atoms with Crippen LogP contribution >= 0.6 is 0 Å². The number of nitrogens with zero attached hydrogens (tertiary/aromatic N) is 1. The summed E-state index contributed by atoms with van der Waals surface area (Å²) in [7, 11) is 1.63. The lowest BCUT2D eigenvalue weighted by Gasteiger charge is -2.17. The van der Waals surface area contributed by atoms with Gasteiger partial charge >= 0.3 is 12.0 Å². The fourth-order valence-corrected chi connectivity index (χ4v) is 1.64. The van der Waals surface area contributed by atoms with Crippen molar-refractivity contribution < 1.29 is 19.4 Å². The van der Waals surface area contributed by atoms with Gasteiger partial charge in [-0.3, -0.25) is 4.79 Å². The number of nitrogens with one attached hydrogen (secondary N) is 1. The summed E-state index contributed by atoms with van der Waals surface area (Å²) in [5.41, 5.74) is 0.675. The SMILES string of the molecule is CCCOc1ccc(NC(=O)N(C)CCCC(=O)O)cc1. The molecule has 0 heterocycles. The van der Waals surface area contributed by atoms with Gasteiger partial charge in [0.2, 0.25) is 0 Å². The molecule has 0 radical (unpaired) electrons. The van der Waals surface area contributed by atoms with E-state index in [4.69, 9.17) is 9.84 Å². The summed E-state index contributed by atoms with van der Waals surface area (Å²) in [6.07, 6.45) is 1.43. The molecule has 0 aliphatic rings. The molecular formula is C15H22N2O4. The van der Waals surface area contributed by atoms with Crippen molar-refractivity contribution in [2.24, 2.45) is 0 Å². The van der Waals surface area contributed by atoms with Gasteiger partial charge in [-0.1, -0.05) is 6.92 Å². The Kier molecular flexibility index (Phi) is 7.08. The van der Waals surface area contributed by atoms with E-state index in [0.29, 0.717) is 25.3 Å². The number of carboxylic acid groups (broad SMARTS) is 1. The summed E-state index contributed by atoms with van der Waals surface area (Å²) < 4.78 is 5.46. The summed E-state index contributed by atoms with van der Waals surface area (Å²) >= 11 is 0. The Morgan fingerprint density at radius 3 is 2.52 bits per heavy atom. The van der Waals surface area contributed by atoms with Gasteiger partial charge in [-0.2, -0.15) is 0 Å². The van der Waals surface area contributed by atoms with E-state index < -0.39 is 5.97 Å². The van der Waals surface area contributed by atoms with Gasteiger partial charge in [0.25, 0.3) is 0 Å². The molecule has 2 N–H and O–H groups in total. The van der Waals surface area contributed by atoms with Gasteiger partial charge in [-0.05, 0) is 37.1 Å². The molecule has 0 atom stereocenters. The van der Waals surface area contributed by atoms with Crippen molar-refractivity contribution in [3.05, 3.63) is 24.3 Å². The Morgan fingerprint density at radius 1 is 1.29 bits per heavy atom. The van der Waals surface area contributed by atoms with Crippen molar-refractivity contribution in [3.8, 4) is 5.75 Å². The highest BCUT2D eigenvalue weighted by Crippen LogP contribution is 2.16. The number of carboxylic acids is 1. The molecule has 0 bridgehead atoms. The zero-order chi connectivity index (χ0) is 15.7. The number of aliphatic carboxylic acids is 1. The lowest BCUT2D eigenvalue weighted by Crippen LogP contribution is -2.32. The van der Waals surface area contributed by atoms with Crippen LogP contribution in [0.5, 0.6) is 5.75 Å². The quantitative estimate of drug-likeness (QED) is 0.772. The predicted octanol–water partition coefficient (Wildman–Crippen LogP) is 2.80. The Balaban J connectivity index is 2.41. The molecule has 0 aliphatic heterocycles. The van der Waals surface area contributed by atoms with Gasteiger partial charge in [0.15, 0.2) is 0 Å². The number of hydrogen-bond donors (Lipinski definition) is 2. The Hall–Kier alpha value is -2.24. The number of ether oxygens (including phenoxy) is 1. The van der Waals surface area contributed by atoms with E-state index in [1.165, 1.54) is 4.90 Å². The van der Waals surface area contributed by atoms with Crippen LogP contribution in [0.4, 0.5) is 10.5 Å². The molecule has 0 spiro atoms. The van der Waals surface area contributed by atoms with Gasteiger partial charge in [-0.25, -0.2) is 4.79 Å². The second-order valence-corrected chi connectivity index (χ2v) is 4.72. The molecule has 6 nitrogen and oxygen atoms in total. The summed E-state index contributed by atoms with van der Waals surface area (Å²) in [5, 5.41) is 11.3. The molecule has 1 rings (SSSR count). The Morgan fingerprint density at radius 2 is 1.95 bits per heavy atom. The molecule has 21 heavy (non-hydrogen) atoms. The standard InChI is InChI=1S/C15H22N2O4/c1-3-11-21-13-8-6-12(7-9-13)16-15(20)17(2)10-4-5-14(18)19/h6-9H,3-5,10-11H2,1-2H3,(H,16,20)(H,18,19). The third-order valence-electron chi connectivity index (χ3n) is 2.81. The molecule has 2 amide bonds. The largest absolute Gasteiger partial charge is 0.494 e. The summed E-state index contributed by atoms with van der Waals surface area (Å²) in [6, 6.07) is 6.88. The molecular weight excluding hydrogens is 272 g/mol. The van der Waals surface area contributed by atoms with E-state index in [0.717, 1.165) is 12.2 Å². The van der Waals surface area contributed by atoms with Crippen LogP contribution in [-0.2, 0) is 4.79 Å². The lowest BCUT2D eigenvalue weighted by molar-refractivity contribution is -0.137. The van der Waals surface area contributed by atoms with Gasteiger partial charge in [0.1, 0.15) is 5.75 Å². The van der Waals surface area contributed by atoms with Gasteiger partial charge in [-0.15, -0.1) is 0 Å². The molecule has 0 unspecified atom stereocenters. The normalized spacial score (nSPS) is 10.0. The molecule has 0 aliphatic carbocycles. The zero-order valence-corrected chi connectivity index (χ0v) is 12.5. The average Bonchev–Trinajstić information content (AvgIpc) is 2.46. The maximum atomic E-state index is 11.9. The van der Waals surface area contributed by atoms with Gasteiger partial charge in [0, 0.05) is 25.7 Å². The zero-order valence-electron chi connectivity index (χ0n) is 12.5. The Bertz CT molecular complexity index is 459. The number of hydrogen-bond acceptors (Lipinski definition) is 3. The van der Waals surface area contributed by atoms with Crippen LogP contribution in [-0.4, -0.2) is 42.2 Å². The minimum absolute atomic E-state index is 0.0566. The third kappa shape index (κ3) is 6.65. The van der Waals surface area contributed by atoms with E-state index >= 15 is 0 Å². The maximum Gasteiger partial charge on any atom is 0.321 e. The van der Waals surface area contributed by atoms with Crippen LogP contribution in [0, 0.1) is 0 Å². The second-order valence-electron chi connectivity index (χ2n) is 4.72. The number of benzene rings is 1. The highest BCUT2D eigenvalue weighted by atomic mass is 16.5. The number of urea groups is 1. The maximum absolute atomic E-state index is 11.9. The van der Waals surface area contributed by atoms with Crippen LogP contribution in [0.2, 0.25) is 0 Å². The molecule has 0 saturated heterocycles. The van der Waals surface area contributed by atoms with E-state index in [9.17, 15) is 9.59 Å². The first-order chi connectivity index (χ1) is 10.0. The number of carbonyl (C=O) groups is 2. The van der Waals surface area contributed by atoms with Crippen molar-refractivity contribution in [1.29, 1.82) is 0 Å². The van der Waals surface area contributed by atoms with E-state index in [2.05, 4.69) is 5.32 Å². The average molecular weight is 294 g/mol. The number of rotatable bonds is 8. The number of anilines is 1. The molecule has 0 aromatic heterocycles. The highest BCUT2D eigenvalue weighted by Gasteiger charge is 2.09. The first-order valence-corrected chi connectivity index (χ1v) is 6.99. The summed E-state index contributed by atoms with van der Waals surface area (Å²) in [6.45, 7) is 3.10. The topological polar surface area (TPSA) is 78.9 Å². The van der Waals surface area contributed by atoms with Gasteiger partial charge < -0.3 is 20.1 Å². The van der Waals surface area contributed by atoms with E-state index in [1.54, 1.807) is 31.3 Å². The fraction of sp³-hybridized carbons (Fsp3) is 0.467. The number of amides is 2. The highest BCUT2D eigenvalue weighted by molar-refractivity contribution is 5.89. The van der Waals surface area contributed by atoms with E-state index in [1.807, 2.05) is 6.92 Å². The van der Waals surface area contributed by atoms with Crippen LogP contribution in [0.15, 0.2) is 24.3 Å². The molecule has 0 saturated carbocycles. The van der Waals surface area contributed by atoms with Crippen molar-refractivity contribution in [2.45, 2.75) is 26.2 Å². The number of carbonyl (C=O) groups excluding carboxylic acids is 1.